The van der Waals surface area contributed by atoms with E-state index in [2.05, 4.69) is 9.72 Å². The van der Waals surface area contributed by atoms with E-state index in [4.69, 9.17) is 11.6 Å². The molecule has 1 rings (SSSR count). The number of hydrogen-bond acceptors (Lipinski definition) is 3. The Labute approximate surface area is 103 Å². The maximum atomic E-state index is 12.5. The fraction of sp³-hybridized carbons (Fsp3) is 0.333. The summed E-state index contributed by atoms with van der Waals surface area (Å²) in [5, 5.41) is -1.01. The van der Waals surface area contributed by atoms with Crippen molar-refractivity contribution in [3.8, 4) is 0 Å². The minimum Gasteiger partial charge on any atom is -0.465 e. The van der Waals surface area contributed by atoms with Crippen LogP contribution in [0.2, 0.25) is 5.02 Å². The quantitative estimate of drug-likeness (QED) is 0.618. The number of carbonyl (C=O) groups excluding carboxylic acids is 1. The predicted molar refractivity (Wildman–Crippen MR) is 50.5 cm³/mol. The lowest BCUT2D eigenvalue weighted by Crippen LogP contribution is -2.18. The summed E-state index contributed by atoms with van der Waals surface area (Å²) in [6.45, 7) is 0. The highest BCUT2D eigenvalue weighted by molar-refractivity contribution is 6.34. The van der Waals surface area contributed by atoms with Gasteiger partial charge in [-0.3, -0.25) is 4.98 Å². The number of ether oxygens (including phenoxy) is 1. The third kappa shape index (κ3) is 2.69. The fourth-order valence-corrected chi connectivity index (χ4v) is 1.46. The molecule has 0 spiro atoms. The van der Waals surface area contributed by atoms with Crippen LogP contribution >= 0.6 is 11.6 Å². The monoisotopic (exact) mass is 289 g/mol. The van der Waals surface area contributed by atoms with E-state index in [1.807, 2.05) is 0 Å². The van der Waals surface area contributed by atoms with Gasteiger partial charge in [0, 0.05) is 6.20 Å². The Morgan fingerprint density at radius 1 is 1.44 bits per heavy atom. The molecular weight excluding hydrogens is 285 g/mol. The molecule has 1 aromatic rings. The van der Waals surface area contributed by atoms with Crippen LogP contribution in [0.4, 0.5) is 22.0 Å². The average molecular weight is 290 g/mol. The summed E-state index contributed by atoms with van der Waals surface area (Å²) in [5.41, 5.74) is -3.85. The van der Waals surface area contributed by atoms with Crippen LogP contribution in [0.15, 0.2) is 6.20 Å². The Balaban J connectivity index is 3.57. The van der Waals surface area contributed by atoms with Crippen LogP contribution in [-0.4, -0.2) is 18.1 Å². The van der Waals surface area contributed by atoms with Crippen LogP contribution in [0, 0.1) is 0 Å². The van der Waals surface area contributed by atoms with Gasteiger partial charge in [0.1, 0.15) is 5.56 Å². The van der Waals surface area contributed by atoms with Crippen molar-refractivity contribution in [3.05, 3.63) is 28.0 Å². The van der Waals surface area contributed by atoms with Crippen LogP contribution in [0.25, 0.3) is 0 Å². The Hall–Kier alpha value is -1.44. The van der Waals surface area contributed by atoms with Crippen LogP contribution < -0.4 is 0 Å². The van der Waals surface area contributed by atoms with Gasteiger partial charge >= 0.3 is 12.1 Å². The molecule has 3 nitrogen and oxygen atoms in total. The second-order valence-corrected chi connectivity index (χ2v) is 3.42. The Bertz CT molecular complexity index is 475. The number of methoxy groups -OCH3 is 1. The highest BCUT2D eigenvalue weighted by atomic mass is 35.5. The number of hydrogen-bond donors (Lipinski definition) is 0. The zero-order valence-corrected chi connectivity index (χ0v) is 9.44. The van der Waals surface area contributed by atoms with Gasteiger partial charge in [-0.2, -0.15) is 13.2 Å². The molecule has 0 saturated carbocycles. The lowest BCUT2D eigenvalue weighted by atomic mass is 10.1. The largest absolute Gasteiger partial charge is 0.465 e. The van der Waals surface area contributed by atoms with Crippen molar-refractivity contribution in [1.29, 1.82) is 0 Å². The highest BCUT2D eigenvalue weighted by Crippen LogP contribution is 2.37. The summed E-state index contributed by atoms with van der Waals surface area (Å²) in [4.78, 5) is 14.0. The van der Waals surface area contributed by atoms with E-state index in [1.165, 1.54) is 0 Å². The maximum absolute atomic E-state index is 12.5. The molecule has 100 valence electrons. The van der Waals surface area contributed by atoms with Crippen molar-refractivity contribution in [2.24, 2.45) is 0 Å². The van der Waals surface area contributed by atoms with Crippen molar-refractivity contribution in [2.75, 3.05) is 7.11 Å². The first-order valence-corrected chi connectivity index (χ1v) is 4.70. The molecule has 0 aliphatic rings. The van der Waals surface area contributed by atoms with Crippen LogP contribution in [-0.2, 0) is 10.9 Å². The molecule has 0 radical (unpaired) electrons. The third-order valence-electron chi connectivity index (χ3n) is 1.94. The lowest BCUT2D eigenvalue weighted by molar-refractivity contribution is -0.141. The van der Waals surface area contributed by atoms with Crippen molar-refractivity contribution < 1.29 is 31.5 Å². The third-order valence-corrected chi connectivity index (χ3v) is 2.34. The van der Waals surface area contributed by atoms with Gasteiger partial charge in [0.25, 0.3) is 6.43 Å². The number of aromatic nitrogens is 1. The van der Waals surface area contributed by atoms with Gasteiger partial charge in [0.05, 0.1) is 17.7 Å². The summed E-state index contributed by atoms with van der Waals surface area (Å²) in [6.07, 6.45) is -7.88. The molecule has 18 heavy (non-hydrogen) atoms. The van der Waals surface area contributed by atoms with Gasteiger partial charge in [0.15, 0.2) is 5.69 Å². The topological polar surface area (TPSA) is 39.2 Å². The normalized spacial score (nSPS) is 11.8. The van der Waals surface area contributed by atoms with Crippen molar-refractivity contribution >= 4 is 17.6 Å². The molecule has 0 saturated heterocycles. The summed E-state index contributed by atoms with van der Waals surface area (Å²) in [7, 11) is 0.799. The van der Waals surface area contributed by atoms with E-state index < -0.39 is 40.4 Å². The molecule has 0 aromatic carbocycles. The average Bonchev–Trinajstić information content (AvgIpc) is 2.25. The molecule has 0 fully saturated rings. The predicted octanol–water partition coefficient (Wildman–Crippen LogP) is 3.48. The molecule has 0 bridgehead atoms. The molecule has 0 atom stereocenters. The standard InChI is InChI=1S/C9H5ClF5NO2/c1-18-8(17)4-5(10)3(7(11)12)2-16-6(4)9(13,14)15/h2,7H,1H3. The van der Waals surface area contributed by atoms with Gasteiger partial charge in [0.2, 0.25) is 0 Å². The molecule has 1 aromatic heterocycles. The minimum absolute atomic E-state index is 0.280. The van der Waals surface area contributed by atoms with E-state index >= 15 is 0 Å². The Kier molecular flexibility index (Phi) is 4.10. The summed E-state index contributed by atoms with van der Waals surface area (Å²) < 4.78 is 66.6. The van der Waals surface area contributed by atoms with E-state index in [-0.39, 0.29) is 6.20 Å². The molecule has 0 aliphatic carbocycles. The number of esters is 1. The zero-order valence-electron chi connectivity index (χ0n) is 8.69. The van der Waals surface area contributed by atoms with E-state index in [9.17, 15) is 26.7 Å². The van der Waals surface area contributed by atoms with Gasteiger partial charge in [-0.1, -0.05) is 11.6 Å². The molecular formula is C9H5ClF5NO2. The number of carbonyl (C=O) groups is 1. The van der Waals surface area contributed by atoms with E-state index in [0.717, 1.165) is 7.11 Å². The van der Waals surface area contributed by atoms with E-state index in [0.29, 0.717) is 0 Å². The number of nitrogens with zero attached hydrogens (tertiary/aromatic N) is 1. The minimum atomic E-state index is -5.01. The molecule has 0 amide bonds. The van der Waals surface area contributed by atoms with Gasteiger partial charge in [-0.25, -0.2) is 13.6 Å². The SMILES string of the molecule is COC(=O)c1c(C(F)(F)F)ncc(C(F)F)c1Cl. The van der Waals surface area contributed by atoms with Crippen molar-refractivity contribution in [3.63, 3.8) is 0 Å². The number of rotatable bonds is 2. The molecule has 0 N–H and O–H groups in total. The summed E-state index contributed by atoms with van der Waals surface area (Å²) >= 11 is 5.37. The number of halogens is 6. The first kappa shape index (κ1) is 14.6. The first-order valence-electron chi connectivity index (χ1n) is 4.32. The summed E-state index contributed by atoms with van der Waals surface area (Å²) in [6, 6.07) is 0. The van der Waals surface area contributed by atoms with Crippen LogP contribution in [0.3, 0.4) is 0 Å². The molecule has 9 heteroatoms. The second-order valence-electron chi connectivity index (χ2n) is 3.04. The van der Waals surface area contributed by atoms with Gasteiger partial charge < -0.3 is 4.74 Å². The zero-order chi connectivity index (χ0) is 14.1. The molecule has 0 unspecified atom stereocenters. The fourth-order valence-electron chi connectivity index (χ4n) is 1.16. The smallest absolute Gasteiger partial charge is 0.434 e. The first-order chi connectivity index (χ1) is 8.20. The highest BCUT2D eigenvalue weighted by Gasteiger charge is 2.40. The van der Waals surface area contributed by atoms with Crippen molar-refractivity contribution in [1.82, 2.24) is 4.98 Å². The number of alkyl halides is 5. The Morgan fingerprint density at radius 2 is 2.00 bits per heavy atom. The van der Waals surface area contributed by atoms with Crippen LogP contribution in [0.1, 0.15) is 28.0 Å². The van der Waals surface area contributed by atoms with E-state index in [1.54, 1.807) is 0 Å². The maximum Gasteiger partial charge on any atom is 0.434 e. The van der Waals surface area contributed by atoms with Gasteiger partial charge in [-0.05, 0) is 0 Å². The Morgan fingerprint density at radius 3 is 2.39 bits per heavy atom. The molecule has 0 aliphatic heterocycles. The molecule has 1 heterocycles. The number of pyridine rings is 1. The van der Waals surface area contributed by atoms with Crippen LogP contribution in [0.5, 0.6) is 0 Å². The summed E-state index contributed by atoms with van der Waals surface area (Å²) in [5.74, 6) is -1.48. The lowest BCUT2D eigenvalue weighted by Gasteiger charge is -2.13. The van der Waals surface area contributed by atoms with Gasteiger partial charge in [-0.15, -0.1) is 0 Å². The van der Waals surface area contributed by atoms with Crippen molar-refractivity contribution in [2.45, 2.75) is 12.6 Å². The second kappa shape index (κ2) is 5.05.